The number of esters is 1. The Hall–Kier alpha value is -2.60. The molecule has 0 fully saturated rings. The maximum absolute atomic E-state index is 13.3. The second kappa shape index (κ2) is 6.48. The number of aliphatic hydroxyl groups is 1. The molecule has 6 nitrogen and oxygen atoms in total. The fraction of sp³-hybridized carbons (Fsp3) is 0.455. The Morgan fingerprint density at radius 1 is 1.21 bits per heavy atom. The monoisotopic (exact) mass is 384 g/mol. The summed E-state index contributed by atoms with van der Waals surface area (Å²) < 4.78 is 16.3. The van der Waals surface area contributed by atoms with E-state index in [1.165, 1.54) is 7.11 Å². The summed E-state index contributed by atoms with van der Waals surface area (Å²) in [6, 6.07) is 3.24. The summed E-state index contributed by atoms with van der Waals surface area (Å²) in [7, 11) is 1.50. The van der Waals surface area contributed by atoms with Crippen LogP contribution in [0.2, 0.25) is 0 Å². The SMILES string of the molecule is COc1cc(OCC(=O)OC(C)(C)C)c2c(c1)C(O)C1=C(C2=O)C2C=CC1C2. The molecule has 1 aromatic carbocycles. The second-order valence-electron chi connectivity index (χ2n) is 8.40. The lowest BCUT2D eigenvalue weighted by Gasteiger charge is -2.29. The third kappa shape index (κ3) is 3.02. The van der Waals surface area contributed by atoms with Crippen molar-refractivity contribution < 1.29 is 28.9 Å². The molecule has 0 amide bonds. The highest BCUT2D eigenvalue weighted by Gasteiger charge is 2.46. The molecule has 3 unspecified atom stereocenters. The minimum Gasteiger partial charge on any atom is -0.497 e. The van der Waals surface area contributed by atoms with Crippen molar-refractivity contribution in [3.05, 3.63) is 46.6 Å². The first-order valence-electron chi connectivity index (χ1n) is 9.41. The minimum absolute atomic E-state index is 0.0381. The summed E-state index contributed by atoms with van der Waals surface area (Å²) >= 11 is 0. The molecule has 0 heterocycles. The molecule has 2 bridgehead atoms. The molecular weight excluding hydrogens is 360 g/mol. The molecule has 28 heavy (non-hydrogen) atoms. The van der Waals surface area contributed by atoms with Gasteiger partial charge in [0.25, 0.3) is 0 Å². The Labute approximate surface area is 163 Å². The maximum atomic E-state index is 13.3. The fourth-order valence-electron chi connectivity index (χ4n) is 4.32. The number of ketones is 1. The van der Waals surface area contributed by atoms with Crippen molar-refractivity contribution in [3.8, 4) is 11.5 Å². The zero-order valence-corrected chi connectivity index (χ0v) is 16.4. The number of carbonyl (C=O) groups excluding carboxylic acids is 2. The normalized spacial score (nSPS) is 24.9. The quantitative estimate of drug-likeness (QED) is 0.634. The number of allylic oxidation sites excluding steroid dienone is 3. The lowest BCUT2D eigenvalue weighted by Crippen LogP contribution is -2.28. The first-order valence-corrected chi connectivity index (χ1v) is 9.41. The predicted octanol–water partition coefficient (Wildman–Crippen LogP) is 3.15. The van der Waals surface area contributed by atoms with Crippen molar-refractivity contribution in [3.63, 3.8) is 0 Å². The van der Waals surface area contributed by atoms with Gasteiger partial charge in [0.2, 0.25) is 0 Å². The van der Waals surface area contributed by atoms with E-state index < -0.39 is 17.7 Å². The number of ether oxygens (including phenoxy) is 3. The van der Waals surface area contributed by atoms with E-state index in [1.54, 1.807) is 32.9 Å². The number of fused-ring (bicyclic) bond motifs is 5. The van der Waals surface area contributed by atoms with Crippen molar-refractivity contribution in [2.24, 2.45) is 11.8 Å². The minimum atomic E-state index is -0.887. The van der Waals surface area contributed by atoms with Crippen LogP contribution in [-0.2, 0) is 9.53 Å². The smallest absolute Gasteiger partial charge is 0.344 e. The van der Waals surface area contributed by atoms with Gasteiger partial charge in [0.1, 0.15) is 23.2 Å². The zero-order valence-electron chi connectivity index (χ0n) is 16.4. The van der Waals surface area contributed by atoms with Crippen molar-refractivity contribution in [2.45, 2.75) is 38.9 Å². The molecule has 0 aromatic heterocycles. The summed E-state index contributed by atoms with van der Waals surface area (Å²) in [4.78, 5) is 25.3. The van der Waals surface area contributed by atoms with Crippen LogP contribution in [0, 0.1) is 11.8 Å². The molecule has 1 N–H and O–H groups in total. The van der Waals surface area contributed by atoms with Crippen molar-refractivity contribution in [1.29, 1.82) is 0 Å². The molecular formula is C22H24O6. The highest BCUT2D eigenvalue weighted by atomic mass is 16.6. The highest BCUT2D eigenvalue weighted by molar-refractivity contribution is 6.14. The molecule has 3 atom stereocenters. The van der Waals surface area contributed by atoms with E-state index in [9.17, 15) is 14.7 Å². The van der Waals surface area contributed by atoms with Gasteiger partial charge in [-0.25, -0.2) is 4.79 Å². The first-order chi connectivity index (χ1) is 13.2. The number of hydrogen-bond acceptors (Lipinski definition) is 6. The molecule has 4 rings (SSSR count). The third-order valence-corrected chi connectivity index (χ3v) is 5.33. The first kappa shape index (κ1) is 18.7. The molecule has 0 saturated carbocycles. The second-order valence-corrected chi connectivity index (χ2v) is 8.40. The molecule has 6 heteroatoms. The van der Waals surface area contributed by atoms with Gasteiger partial charge in [-0.15, -0.1) is 0 Å². The van der Waals surface area contributed by atoms with Crippen LogP contribution in [-0.4, -0.2) is 36.2 Å². The molecule has 148 valence electrons. The Morgan fingerprint density at radius 3 is 2.61 bits per heavy atom. The van der Waals surface area contributed by atoms with Gasteiger partial charge in [-0.3, -0.25) is 4.79 Å². The molecule has 3 aliphatic rings. The van der Waals surface area contributed by atoms with Crippen LogP contribution in [0.4, 0.5) is 0 Å². The van der Waals surface area contributed by atoms with Crippen molar-refractivity contribution in [2.75, 3.05) is 13.7 Å². The standard InChI is InChI=1S/C22H24O6/c1-22(2,3)28-16(23)10-27-15-9-13(26-4)8-14-19(15)21(25)18-12-6-5-11(7-12)17(18)20(14)24/h5-6,8-9,11-12,20,24H,7,10H2,1-4H3. The van der Waals surface area contributed by atoms with E-state index in [4.69, 9.17) is 14.2 Å². The lowest BCUT2D eigenvalue weighted by molar-refractivity contribution is -0.157. The highest BCUT2D eigenvalue weighted by Crippen LogP contribution is 2.54. The molecule has 3 aliphatic carbocycles. The average Bonchev–Trinajstić information content (AvgIpc) is 3.24. The Bertz CT molecular complexity index is 918. The van der Waals surface area contributed by atoms with Crippen LogP contribution >= 0.6 is 0 Å². The number of carbonyl (C=O) groups is 2. The summed E-state index contributed by atoms with van der Waals surface area (Å²) in [6.45, 7) is 4.98. The van der Waals surface area contributed by atoms with Crippen LogP contribution in [0.3, 0.4) is 0 Å². The number of aliphatic hydroxyl groups excluding tert-OH is 1. The molecule has 0 spiro atoms. The van der Waals surface area contributed by atoms with E-state index in [-0.39, 0.29) is 30.0 Å². The predicted molar refractivity (Wildman–Crippen MR) is 101 cm³/mol. The Balaban J connectivity index is 1.69. The summed E-state index contributed by atoms with van der Waals surface area (Å²) in [5.74, 6) is 0.139. The van der Waals surface area contributed by atoms with Gasteiger partial charge in [0.05, 0.1) is 12.7 Å². The average molecular weight is 384 g/mol. The van der Waals surface area contributed by atoms with E-state index in [1.807, 2.05) is 6.08 Å². The number of Topliss-reactive ketones (excluding diaryl/α,β-unsaturated/α-hetero) is 1. The van der Waals surface area contributed by atoms with Gasteiger partial charge >= 0.3 is 5.97 Å². The molecule has 0 saturated heterocycles. The largest absolute Gasteiger partial charge is 0.497 e. The molecule has 0 radical (unpaired) electrons. The van der Waals surface area contributed by atoms with Gasteiger partial charge < -0.3 is 19.3 Å². The maximum Gasteiger partial charge on any atom is 0.344 e. The third-order valence-electron chi connectivity index (χ3n) is 5.33. The van der Waals surface area contributed by atoms with E-state index >= 15 is 0 Å². The number of methoxy groups -OCH3 is 1. The number of hydrogen-bond donors (Lipinski definition) is 1. The van der Waals surface area contributed by atoms with E-state index in [0.717, 1.165) is 12.0 Å². The Morgan fingerprint density at radius 2 is 1.93 bits per heavy atom. The molecule has 0 aliphatic heterocycles. The number of rotatable bonds is 4. The van der Waals surface area contributed by atoms with Crippen LogP contribution < -0.4 is 9.47 Å². The number of benzene rings is 1. The summed E-state index contributed by atoms with van der Waals surface area (Å²) in [6.07, 6.45) is 4.03. The fourth-order valence-corrected chi connectivity index (χ4v) is 4.32. The van der Waals surface area contributed by atoms with Crippen molar-refractivity contribution >= 4 is 11.8 Å². The Kier molecular flexibility index (Phi) is 4.34. The van der Waals surface area contributed by atoms with Gasteiger partial charge in [0.15, 0.2) is 12.4 Å². The topological polar surface area (TPSA) is 82.1 Å². The lowest BCUT2D eigenvalue weighted by atomic mass is 9.78. The van der Waals surface area contributed by atoms with Crippen LogP contribution in [0.1, 0.15) is 49.2 Å². The van der Waals surface area contributed by atoms with Gasteiger partial charge in [-0.1, -0.05) is 12.2 Å². The molecule has 1 aromatic rings. The van der Waals surface area contributed by atoms with E-state index in [0.29, 0.717) is 22.4 Å². The summed E-state index contributed by atoms with van der Waals surface area (Å²) in [5, 5.41) is 11.0. The van der Waals surface area contributed by atoms with Crippen LogP contribution in [0.5, 0.6) is 11.5 Å². The van der Waals surface area contributed by atoms with Gasteiger partial charge in [0, 0.05) is 29.0 Å². The van der Waals surface area contributed by atoms with Gasteiger partial charge in [-0.05, 0) is 38.8 Å². The van der Waals surface area contributed by atoms with Crippen molar-refractivity contribution in [1.82, 2.24) is 0 Å². The van der Waals surface area contributed by atoms with Gasteiger partial charge in [-0.2, -0.15) is 0 Å². The van der Waals surface area contributed by atoms with Crippen LogP contribution in [0.15, 0.2) is 35.4 Å². The zero-order chi connectivity index (χ0) is 20.2. The van der Waals surface area contributed by atoms with E-state index in [2.05, 4.69) is 6.08 Å². The summed E-state index contributed by atoms with van der Waals surface area (Å²) in [5.41, 5.74) is 1.59. The van der Waals surface area contributed by atoms with Crippen LogP contribution in [0.25, 0.3) is 0 Å².